The topological polar surface area (TPSA) is 64.2 Å². The Labute approximate surface area is 185 Å². The number of aromatic nitrogens is 2. The summed E-state index contributed by atoms with van der Waals surface area (Å²) in [4.78, 5) is 19.4. The van der Waals surface area contributed by atoms with Crippen molar-refractivity contribution in [1.29, 1.82) is 0 Å². The van der Waals surface area contributed by atoms with Crippen LogP contribution in [0.15, 0.2) is 48.9 Å². The van der Waals surface area contributed by atoms with Gasteiger partial charge in [-0.1, -0.05) is 58.7 Å². The minimum Gasteiger partial charge on any atom is -0.351 e. The number of benzene rings is 1. The molecule has 1 fully saturated rings. The molecule has 2 N–H and O–H groups in total. The Morgan fingerprint density at radius 2 is 1.71 bits per heavy atom. The summed E-state index contributed by atoms with van der Waals surface area (Å²) in [6, 6.07) is 10.1. The van der Waals surface area contributed by atoms with E-state index in [1.165, 1.54) is 24.0 Å². The Kier molecular flexibility index (Phi) is 6.03. The summed E-state index contributed by atoms with van der Waals surface area (Å²) in [6.45, 7) is 8.74. The molecule has 2 amide bonds. The van der Waals surface area contributed by atoms with Crippen LogP contribution in [0.25, 0.3) is 10.9 Å². The van der Waals surface area contributed by atoms with Gasteiger partial charge >= 0.3 is 6.03 Å². The van der Waals surface area contributed by atoms with E-state index in [9.17, 15) is 4.79 Å². The molecule has 164 valence electrons. The third kappa shape index (κ3) is 3.93. The van der Waals surface area contributed by atoms with Crippen LogP contribution in [0.4, 0.5) is 10.5 Å². The number of anilines is 1. The fourth-order valence-electron chi connectivity index (χ4n) is 5.22. The average molecular weight is 419 g/mol. The Balaban J connectivity index is 1.98. The average Bonchev–Trinajstić information content (AvgIpc) is 3.41. The van der Waals surface area contributed by atoms with Crippen LogP contribution in [0.2, 0.25) is 0 Å². The first-order chi connectivity index (χ1) is 14.9. The number of carbonyl (C=O) groups is 1. The molecule has 1 aromatic carbocycles. The number of primary amides is 1. The third-order valence-electron chi connectivity index (χ3n) is 6.71. The maximum absolute atomic E-state index is 13.2. The molecule has 1 saturated carbocycles. The summed E-state index contributed by atoms with van der Waals surface area (Å²) in [6.07, 6.45) is 10.2. The van der Waals surface area contributed by atoms with Crippen LogP contribution in [-0.2, 0) is 0 Å². The number of pyridine rings is 1. The Morgan fingerprint density at radius 1 is 1.06 bits per heavy atom. The monoisotopic (exact) mass is 418 g/mol. The van der Waals surface area contributed by atoms with Crippen molar-refractivity contribution in [3.8, 4) is 0 Å². The van der Waals surface area contributed by atoms with Gasteiger partial charge in [0, 0.05) is 24.0 Å². The third-order valence-corrected chi connectivity index (χ3v) is 6.71. The number of hydrogen-bond donors (Lipinski definition) is 1. The smallest absolute Gasteiger partial charge is 0.321 e. The highest BCUT2D eigenvalue weighted by Gasteiger charge is 2.37. The first kappa shape index (κ1) is 21.4. The lowest BCUT2D eigenvalue weighted by Crippen LogP contribution is -2.45. The molecule has 4 rings (SSSR count). The van der Waals surface area contributed by atoms with Crippen molar-refractivity contribution >= 4 is 22.6 Å². The largest absolute Gasteiger partial charge is 0.351 e. The fraction of sp³-hybridized carbons (Fsp3) is 0.462. The normalized spacial score (nSPS) is 15.8. The molecule has 5 nitrogen and oxygen atoms in total. The highest BCUT2D eigenvalue weighted by atomic mass is 16.2. The van der Waals surface area contributed by atoms with E-state index >= 15 is 0 Å². The van der Waals surface area contributed by atoms with Crippen LogP contribution in [0.1, 0.15) is 82.5 Å². The lowest BCUT2D eigenvalue weighted by atomic mass is 9.90. The van der Waals surface area contributed by atoms with Gasteiger partial charge in [0.15, 0.2) is 0 Å². The summed E-state index contributed by atoms with van der Waals surface area (Å²) >= 11 is 0. The van der Waals surface area contributed by atoms with Gasteiger partial charge in [-0.2, -0.15) is 0 Å². The van der Waals surface area contributed by atoms with Crippen LogP contribution in [-0.4, -0.2) is 15.6 Å². The van der Waals surface area contributed by atoms with Crippen molar-refractivity contribution < 1.29 is 4.79 Å². The summed E-state index contributed by atoms with van der Waals surface area (Å²) in [5.74, 6) is 0.923. The molecule has 0 bridgehead atoms. The summed E-state index contributed by atoms with van der Waals surface area (Å²) in [7, 11) is 0. The van der Waals surface area contributed by atoms with E-state index in [1.807, 2.05) is 23.4 Å². The zero-order chi connectivity index (χ0) is 22.1. The standard InChI is InChI=1S/C26H34N4O/c1-17(2)21-10-7-11-22(18(3)4)24(21)30(26(27)31)25(19-8-5-6-9-19)29-15-13-20-16-28-14-12-23(20)29/h7,10-19,25H,5-6,8-9H2,1-4H3,(H2,27,31). The number of nitrogens with zero attached hydrogens (tertiary/aromatic N) is 3. The molecule has 2 aromatic heterocycles. The minimum atomic E-state index is -0.386. The number of amides is 2. The minimum absolute atomic E-state index is 0.155. The van der Waals surface area contributed by atoms with Gasteiger partial charge < -0.3 is 10.3 Å². The van der Waals surface area contributed by atoms with E-state index in [1.54, 1.807) is 0 Å². The van der Waals surface area contributed by atoms with Crippen molar-refractivity contribution in [2.24, 2.45) is 11.7 Å². The van der Waals surface area contributed by atoms with Crippen molar-refractivity contribution in [3.05, 3.63) is 60.0 Å². The molecule has 0 saturated heterocycles. The van der Waals surface area contributed by atoms with Crippen LogP contribution in [0.5, 0.6) is 0 Å². The summed E-state index contributed by atoms with van der Waals surface area (Å²) < 4.78 is 2.25. The molecule has 3 aromatic rings. The summed E-state index contributed by atoms with van der Waals surface area (Å²) in [5.41, 5.74) is 10.6. The molecule has 0 radical (unpaired) electrons. The fourth-order valence-corrected chi connectivity index (χ4v) is 5.22. The van der Waals surface area contributed by atoms with E-state index in [2.05, 4.69) is 67.7 Å². The Morgan fingerprint density at radius 3 is 2.29 bits per heavy atom. The first-order valence-corrected chi connectivity index (χ1v) is 11.5. The number of urea groups is 1. The molecule has 1 aliphatic rings. The van der Waals surface area contributed by atoms with Crippen LogP contribution >= 0.6 is 0 Å². The van der Waals surface area contributed by atoms with Crippen LogP contribution in [0.3, 0.4) is 0 Å². The van der Waals surface area contributed by atoms with Gasteiger partial charge in [-0.25, -0.2) is 4.79 Å². The number of hydrogen-bond acceptors (Lipinski definition) is 2. The maximum Gasteiger partial charge on any atom is 0.321 e. The lowest BCUT2D eigenvalue weighted by molar-refractivity contribution is 0.240. The zero-order valence-electron chi connectivity index (χ0n) is 19.1. The highest BCUT2D eigenvalue weighted by Crippen LogP contribution is 2.44. The summed E-state index contributed by atoms with van der Waals surface area (Å²) in [5, 5.41) is 1.08. The SMILES string of the molecule is CC(C)c1cccc(C(C)C)c1N(C(N)=O)C(C1CCCC1)n1ccc2cnccc21. The van der Waals surface area contributed by atoms with Crippen LogP contribution < -0.4 is 10.6 Å². The van der Waals surface area contributed by atoms with Gasteiger partial charge in [0.1, 0.15) is 6.17 Å². The molecule has 1 aliphatic carbocycles. The molecule has 0 aliphatic heterocycles. The number of rotatable bonds is 6. The molecule has 31 heavy (non-hydrogen) atoms. The molecule has 0 spiro atoms. The quantitative estimate of drug-likeness (QED) is 0.493. The number of nitrogens with two attached hydrogens (primary N) is 1. The first-order valence-electron chi connectivity index (χ1n) is 11.5. The number of fused-ring (bicyclic) bond motifs is 1. The second-order valence-electron chi connectivity index (χ2n) is 9.42. The van der Waals surface area contributed by atoms with E-state index in [0.717, 1.165) is 29.4 Å². The molecule has 1 unspecified atom stereocenters. The van der Waals surface area contributed by atoms with Gasteiger partial charge in [-0.15, -0.1) is 0 Å². The van der Waals surface area contributed by atoms with Gasteiger partial charge in [0.2, 0.25) is 0 Å². The molecular weight excluding hydrogens is 384 g/mol. The van der Waals surface area contributed by atoms with E-state index < -0.39 is 0 Å². The second-order valence-corrected chi connectivity index (χ2v) is 9.42. The van der Waals surface area contributed by atoms with Crippen molar-refractivity contribution in [2.45, 2.75) is 71.4 Å². The molecular formula is C26H34N4O. The predicted octanol–water partition coefficient (Wildman–Crippen LogP) is 6.56. The van der Waals surface area contributed by atoms with Crippen LogP contribution in [0, 0.1) is 5.92 Å². The van der Waals surface area contributed by atoms with Gasteiger partial charge in [0.05, 0.1) is 11.2 Å². The predicted molar refractivity (Wildman–Crippen MR) is 127 cm³/mol. The maximum atomic E-state index is 13.2. The van der Waals surface area contributed by atoms with Crippen molar-refractivity contribution in [2.75, 3.05) is 4.90 Å². The molecule has 1 atom stereocenters. The van der Waals surface area contributed by atoms with E-state index in [4.69, 9.17) is 5.73 Å². The van der Waals surface area contributed by atoms with Gasteiger partial charge in [0.25, 0.3) is 0 Å². The van der Waals surface area contributed by atoms with Crippen molar-refractivity contribution in [1.82, 2.24) is 9.55 Å². The Bertz CT molecular complexity index is 1040. The lowest BCUT2D eigenvalue weighted by Gasteiger charge is -2.39. The number of carbonyl (C=O) groups excluding carboxylic acids is 1. The second kappa shape index (κ2) is 8.74. The highest BCUT2D eigenvalue weighted by molar-refractivity contribution is 5.93. The van der Waals surface area contributed by atoms with Crippen molar-refractivity contribution in [3.63, 3.8) is 0 Å². The Hall–Kier alpha value is -2.82. The van der Waals surface area contributed by atoms with E-state index in [0.29, 0.717) is 5.92 Å². The zero-order valence-corrected chi connectivity index (χ0v) is 19.1. The number of para-hydroxylation sites is 1. The van der Waals surface area contributed by atoms with Gasteiger partial charge in [-0.3, -0.25) is 9.88 Å². The van der Waals surface area contributed by atoms with E-state index in [-0.39, 0.29) is 24.0 Å². The van der Waals surface area contributed by atoms with Gasteiger partial charge in [-0.05, 0) is 53.9 Å². The molecule has 5 heteroatoms. The molecule has 2 heterocycles.